The van der Waals surface area contributed by atoms with Crippen LogP contribution >= 0.6 is 22.9 Å². The quantitative estimate of drug-likeness (QED) is 0.663. The molecule has 0 aliphatic heterocycles. The van der Waals surface area contributed by atoms with Crippen molar-refractivity contribution < 1.29 is 8.42 Å². The highest BCUT2D eigenvalue weighted by molar-refractivity contribution is 7.89. The number of nitrogens with one attached hydrogen (secondary N) is 1. The zero-order chi connectivity index (χ0) is 17.7. The molecule has 3 rings (SSSR count). The van der Waals surface area contributed by atoms with Crippen LogP contribution in [-0.2, 0) is 22.9 Å². The Kier molecular flexibility index (Phi) is 5.86. The van der Waals surface area contributed by atoms with E-state index in [0.717, 1.165) is 11.4 Å². The third kappa shape index (κ3) is 5.12. The molecular formula is C18H17ClN2O2S2. The zero-order valence-electron chi connectivity index (χ0n) is 13.4. The summed E-state index contributed by atoms with van der Waals surface area (Å²) in [7, 11) is -3.52. The van der Waals surface area contributed by atoms with Crippen molar-refractivity contribution >= 4 is 33.0 Å². The van der Waals surface area contributed by atoms with Gasteiger partial charge in [-0.05, 0) is 29.8 Å². The van der Waals surface area contributed by atoms with Crippen LogP contribution in [0.4, 0.5) is 0 Å². The zero-order valence-corrected chi connectivity index (χ0v) is 15.7. The van der Waals surface area contributed by atoms with E-state index in [1.54, 1.807) is 23.5 Å². The first-order valence-corrected chi connectivity index (χ1v) is 10.4. The Morgan fingerprint density at radius 1 is 1.04 bits per heavy atom. The van der Waals surface area contributed by atoms with Gasteiger partial charge in [0.1, 0.15) is 0 Å². The number of thiazole rings is 1. The molecule has 0 saturated heterocycles. The fraction of sp³-hybridized carbons (Fsp3) is 0.167. The van der Waals surface area contributed by atoms with Gasteiger partial charge in [-0.3, -0.25) is 0 Å². The van der Waals surface area contributed by atoms with E-state index >= 15 is 0 Å². The second-order valence-electron chi connectivity index (χ2n) is 5.48. The Hall–Kier alpha value is -1.73. The van der Waals surface area contributed by atoms with Gasteiger partial charge in [0.2, 0.25) is 10.0 Å². The average molecular weight is 393 g/mol. The monoisotopic (exact) mass is 392 g/mol. The van der Waals surface area contributed by atoms with Crippen LogP contribution in [0.3, 0.4) is 0 Å². The molecule has 7 heteroatoms. The molecule has 4 nitrogen and oxygen atoms in total. The lowest BCUT2D eigenvalue weighted by molar-refractivity contribution is 0.581. The molecule has 1 aromatic heterocycles. The Bertz CT molecular complexity index is 923. The van der Waals surface area contributed by atoms with Crippen molar-refractivity contribution in [1.82, 2.24) is 9.71 Å². The summed E-state index contributed by atoms with van der Waals surface area (Å²) in [6.07, 6.45) is 3.27. The van der Waals surface area contributed by atoms with Crippen LogP contribution in [0.5, 0.6) is 0 Å². The van der Waals surface area contributed by atoms with Crippen LogP contribution in [0.25, 0.3) is 0 Å². The van der Waals surface area contributed by atoms with E-state index in [4.69, 9.17) is 11.6 Å². The summed E-state index contributed by atoms with van der Waals surface area (Å²) < 4.78 is 27.0. The number of aromatic nitrogens is 1. The summed E-state index contributed by atoms with van der Waals surface area (Å²) >= 11 is 7.40. The number of nitrogens with zero attached hydrogens (tertiary/aromatic N) is 1. The number of hydrogen-bond acceptors (Lipinski definition) is 4. The molecule has 0 bridgehead atoms. The molecule has 130 valence electrons. The topological polar surface area (TPSA) is 59.1 Å². The minimum absolute atomic E-state index is 0.209. The van der Waals surface area contributed by atoms with Crippen molar-refractivity contribution in [1.29, 1.82) is 0 Å². The molecule has 1 N–H and O–H groups in total. The normalized spacial score (nSPS) is 11.6. The van der Waals surface area contributed by atoms with Crippen LogP contribution in [0.2, 0.25) is 5.02 Å². The van der Waals surface area contributed by atoms with Crippen LogP contribution in [0.15, 0.2) is 65.7 Å². The van der Waals surface area contributed by atoms with Crippen molar-refractivity contribution in [2.45, 2.75) is 17.7 Å². The highest BCUT2D eigenvalue weighted by atomic mass is 35.5. The lowest BCUT2D eigenvalue weighted by atomic mass is 10.1. The van der Waals surface area contributed by atoms with E-state index in [-0.39, 0.29) is 4.90 Å². The lowest BCUT2D eigenvalue weighted by Crippen LogP contribution is -2.25. The maximum absolute atomic E-state index is 12.2. The molecule has 0 aliphatic carbocycles. The average Bonchev–Trinajstić information content (AvgIpc) is 3.03. The highest BCUT2D eigenvalue weighted by Crippen LogP contribution is 2.18. The summed E-state index contributed by atoms with van der Waals surface area (Å²) in [5, 5.41) is 1.43. The second kappa shape index (κ2) is 8.10. The molecule has 0 aliphatic rings. The van der Waals surface area contributed by atoms with E-state index < -0.39 is 10.0 Å². The molecular weight excluding hydrogens is 376 g/mol. The Balaban J connectivity index is 1.55. The first kappa shape index (κ1) is 18.1. The molecule has 0 atom stereocenters. The third-order valence-electron chi connectivity index (χ3n) is 3.58. The smallest absolute Gasteiger partial charge is 0.240 e. The molecule has 0 radical (unpaired) electrons. The summed E-state index contributed by atoms with van der Waals surface area (Å²) in [6.45, 7) is 0.309. The fourth-order valence-corrected chi connectivity index (χ4v) is 4.45. The van der Waals surface area contributed by atoms with Crippen molar-refractivity contribution in [3.63, 3.8) is 0 Å². The van der Waals surface area contributed by atoms with Gasteiger partial charge >= 0.3 is 0 Å². The summed E-state index contributed by atoms with van der Waals surface area (Å²) in [4.78, 5) is 5.76. The summed E-state index contributed by atoms with van der Waals surface area (Å²) in [5.41, 5.74) is 1.24. The van der Waals surface area contributed by atoms with Crippen molar-refractivity contribution in [3.8, 4) is 0 Å². The van der Waals surface area contributed by atoms with Gasteiger partial charge in [0.05, 0.1) is 9.90 Å². The predicted octanol–water partition coefficient (Wildman–Crippen LogP) is 3.91. The van der Waals surface area contributed by atoms with Gasteiger partial charge in [0.15, 0.2) is 0 Å². The first-order valence-electron chi connectivity index (χ1n) is 7.76. The third-order valence-corrected chi connectivity index (χ3v) is 6.36. The molecule has 1 heterocycles. The largest absolute Gasteiger partial charge is 0.249 e. The molecule has 0 spiro atoms. The Morgan fingerprint density at radius 3 is 2.48 bits per heavy atom. The van der Waals surface area contributed by atoms with Gasteiger partial charge in [-0.2, -0.15) is 0 Å². The lowest BCUT2D eigenvalue weighted by Gasteiger charge is -2.05. The Labute approximate surface area is 156 Å². The minimum Gasteiger partial charge on any atom is -0.249 e. The number of halogens is 1. The van der Waals surface area contributed by atoms with E-state index in [0.29, 0.717) is 18.0 Å². The van der Waals surface area contributed by atoms with Gasteiger partial charge < -0.3 is 0 Å². The molecule has 2 aromatic carbocycles. The van der Waals surface area contributed by atoms with Crippen molar-refractivity contribution in [3.05, 3.63) is 81.3 Å². The van der Waals surface area contributed by atoms with Gasteiger partial charge in [0, 0.05) is 35.5 Å². The minimum atomic E-state index is -3.52. The predicted molar refractivity (Wildman–Crippen MR) is 102 cm³/mol. The van der Waals surface area contributed by atoms with Crippen molar-refractivity contribution in [2.24, 2.45) is 0 Å². The summed E-state index contributed by atoms with van der Waals surface area (Å²) in [5.74, 6) is 0. The number of sulfonamides is 1. The van der Waals surface area contributed by atoms with Crippen LogP contribution in [-0.4, -0.2) is 19.9 Å². The van der Waals surface area contributed by atoms with E-state index in [9.17, 15) is 8.42 Å². The van der Waals surface area contributed by atoms with E-state index in [1.807, 2.05) is 24.4 Å². The number of rotatable bonds is 7. The fourth-order valence-electron chi connectivity index (χ4n) is 2.33. The van der Waals surface area contributed by atoms with Crippen LogP contribution < -0.4 is 4.72 Å². The highest BCUT2D eigenvalue weighted by Gasteiger charge is 2.13. The molecule has 0 amide bonds. The van der Waals surface area contributed by atoms with E-state index in [2.05, 4.69) is 21.8 Å². The van der Waals surface area contributed by atoms with Crippen LogP contribution in [0.1, 0.15) is 15.4 Å². The molecule has 0 unspecified atom stereocenters. The maximum Gasteiger partial charge on any atom is 0.240 e. The standard InChI is InChI=1S/C18H17ClN2O2S2/c19-15-6-8-17(9-7-15)25(22,23)21-11-10-18-20-13-16(24-18)12-14-4-2-1-3-5-14/h1-9,13,21H,10-12H2. The molecule has 25 heavy (non-hydrogen) atoms. The number of hydrogen-bond donors (Lipinski definition) is 1. The van der Waals surface area contributed by atoms with Crippen LogP contribution in [0, 0.1) is 0 Å². The first-order chi connectivity index (χ1) is 12.0. The Morgan fingerprint density at radius 2 is 1.76 bits per heavy atom. The summed E-state index contributed by atoms with van der Waals surface area (Å²) in [6, 6.07) is 16.3. The molecule has 0 saturated carbocycles. The van der Waals surface area contributed by atoms with E-state index in [1.165, 1.54) is 22.6 Å². The molecule has 3 aromatic rings. The number of benzene rings is 2. The maximum atomic E-state index is 12.2. The molecule has 0 fully saturated rings. The SMILES string of the molecule is O=S(=O)(NCCc1ncc(Cc2ccccc2)s1)c1ccc(Cl)cc1. The van der Waals surface area contributed by atoms with Crippen molar-refractivity contribution in [2.75, 3.05) is 6.54 Å². The second-order valence-corrected chi connectivity index (χ2v) is 8.89. The van der Waals surface area contributed by atoms with Gasteiger partial charge in [-0.15, -0.1) is 11.3 Å². The van der Waals surface area contributed by atoms with Gasteiger partial charge in [-0.1, -0.05) is 41.9 Å². The van der Waals surface area contributed by atoms with Gasteiger partial charge in [-0.25, -0.2) is 18.1 Å². The van der Waals surface area contributed by atoms with Gasteiger partial charge in [0.25, 0.3) is 0 Å².